The van der Waals surface area contributed by atoms with E-state index in [4.69, 9.17) is 16.3 Å². The zero-order chi connectivity index (χ0) is 14.8. The van der Waals surface area contributed by atoms with Crippen LogP contribution in [0, 0.1) is 0 Å². The largest absolute Gasteiger partial charge is 0.427 e. The van der Waals surface area contributed by atoms with E-state index in [0.717, 1.165) is 28.0 Å². The molecule has 3 aromatic rings. The number of esters is 1. The number of ether oxygens (including phenoxy) is 1. The van der Waals surface area contributed by atoms with Gasteiger partial charge in [-0.25, -0.2) is 0 Å². The molecule has 3 rings (SSSR count). The molecule has 0 aliphatic rings. The van der Waals surface area contributed by atoms with Gasteiger partial charge in [0.2, 0.25) is 0 Å². The summed E-state index contributed by atoms with van der Waals surface area (Å²) in [5.74, 6) is 0.246. The summed E-state index contributed by atoms with van der Waals surface area (Å²) in [6.07, 6.45) is 2.02. The van der Waals surface area contributed by atoms with E-state index in [1.54, 1.807) is 6.07 Å². The van der Waals surface area contributed by atoms with Crippen molar-refractivity contribution in [1.29, 1.82) is 0 Å². The molecule has 0 radical (unpaired) electrons. The summed E-state index contributed by atoms with van der Waals surface area (Å²) in [6, 6.07) is 15.5. The van der Waals surface area contributed by atoms with Gasteiger partial charge in [0.25, 0.3) is 0 Å². The zero-order valence-corrected chi connectivity index (χ0v) is 12.3. The molecule has 21 heavy (non-hydrogen) atoms. The first-order valence-corrected chi connectivity index (χ1v) is 7.01. The number of nitrogens with zero attached hydrogens (tertiary/aromatic N) is 1. The second-order valence-corrected chi connectivity index (χ2v) is 5.32. The van der Waals surface area contributed by atoms with Crippen LogP contribution in [0.4, 0.5) is 0 Å². The number of rotatable bonds is 3. The molecule has 4 heteroatoms. The molecular weight excluding hydrogens is 286 g/mol. The minimum Gasteiger partial charge on any atom is -0.427 e. The molecule has 106 valence electrons. The van der Waals surface area contributed by atoms with Crippen molar-refractivity contribution in [1.82, 2.24) is 4.57 Å². The van der Waals surface area contributed by atoms with Gasteiger partial charge in [-0.2, -0.15) is 0 Å². The molecule has 0 N–H and O–H groups in total. The predicted molar refractivity (Wildman–Crippen MR) is 83.8 cm³/mol. The molecule has 1 aromatic heterocycles. The summed E-state index contributed by atoms with van der Waals surface area (Å²) in [5.41, 5.74) is 2.19. The molecule has 1 heterocycles. The van der Waals surface area contributed by atoms with Crippen LogP contribution in [-0.4, -0.2) is 10.5 Å². The molecule has 0 unspecified atom stereocenters. The summed E-state index contributed by atoms with van der Waals surface area (Å²) in [6.45, 7) is 2.14. The highest BCUT2D eigenvalue weighted by Crippen LogP contribution is 2.23. The van der Waals surface area contributed by atoms with Gasteiger partial charge in [0.05, 0.1) is 5.52 Å². The van der Waals surface area contributed by atoms with Gasteiger partial charge in [0.15, 0.2) is 0 Å². The van der Waals surface area contributed by atoms with Crippen LogP contribution in [0.1, 0.15) is 12.5 Å². The first-order chi connectivity index (χ1) is 10.1. The van der Waals surface area contributed by atoms with Gasteiger partial charge in [-0.3, -0.25) is 4.79 Å². The highest BCUT2D eigenvalue weighted by Gasteiger charge is 2.05. The lowest BCUT2D eigenvalue weighted by molar-refractivity contribution is -0.131. The Kier molecular flexibility index (Phi) is 3.67. The molecule has 0 spiro atoms. The minimum absolute atomic E-state index is 0.315. The fraction of sp³-hybridized carbons (Fsp3) is 0.118. The molecule has 0 aliphatic carbocycles. The SMILES string of the molecule is CC(=O)Oc1ccc2ccn(Cc3ccc(Cl)cc3)c2c1. The predicted octanol–water partition coefficient (Wildman–Crippen LogP) is 4.27. The third-order valence-electron chi connectivity index (χ3n) is 3.27. The lowest BCUT2D eigenvalue weighted by Crippen LogP contribution is -2.02. The number of hydrogen-bond acceptors (Lipinski definition) is 2. The summed E-state index contributed by atoms with van der Waals surface area (Å²) >= 11 is 5.90. The Morgan fingerprint density at radius 3 is 2.62 bits per heavy atom. The van der Waals surface area contributed by atoms with Crippen LogP contribution < -0.4 is 4.74 Å². The van der Waals surface area contributed by atoms with Crippen LogP contribution >= 0.6 is 11.6 Å². The first-order valence-electron chi connectivity index (χ1n) is 6.63. The molecule has 0 saturated carbocycles. The van der Waals surface area contributed by atoms with Gasteiger partial charge in [0, 0.05) is 30.8 Å². The van der Waals surface area contributed by atoms with Crippen LogP contribution in [0.25, 0.3) is 10.9 Å². The molecule has 0 aliphatic heterocycles. The summed E-state index contributed by atoms with van der Waals surface area (Å²) in [4.78, 5) is 11.1. The number of aromatic nitrogens is 1. The summed E-state index contributed by atoms with van der Waals surface area (Å²) in [5, 5.41) is 1.84. The fourth-order valence-corrected chi connectivity index (χ4v) is 2.44. The molecular formula is C17H14ClNO2. The van der Waals surface area contributed by atoms with E-state index in [1.807, 2.05) is 48.7 Å². The van der Waals surface area contributed by atoms with Crippen LogP contribution in [-0.2, 0) is 11.3 Å². The van der Waals surface area contributed by atoms with E-state index in [1.165, 1.54) is 6.92 Å². The number of fused-ring (bicyclic) bond motifs is 1. The van der Waals surface area contributed by atoms with Crippen molar-refractivity contribution in [2.24, 2.45) is 0 Å². The standard InChI is InChI=1S/C17H14ClNO2/c1-12(20)21-16-7-4-14-8-9-19(17(14)10-16)11-13-2-5-15(18)6-3-13/h2-10H,11H2,1H3. The maximum Gasteiger partial charge on any atom is 0.308 e. The van der Waals surface area contributed by atoms with E-state index in [2.05, 4.69) is 4.57 Å². The van der Waals surface area contributed by atoms with Crippen LogP contribution in [0.2, 0.25) is 5.02 Å². The van der Waals surface area contributed by atoms with Crippen LogP contribution in [0.15, 0.2) is 54.7 Å². The van der Waals surface area contributed by atoms with Crippen molar-refractivity contribution in [3.63, 3.8) is 0 Å². The average Bonchev–Trinajstić information content (AvgIpc) is 2.83. The van der Waals surface area contributed by atoms with E-state index in [0.29, 0.717) is 5.75 Å². The van der Waals surface area contributed by atoms with Gasteiger partial charge in [-0.15, -0.1) is 0 Å². The number of benzene rings is 2. The van der Waals surface area contributed by atoms with Crippen molar-refractivity contribution in [3.8, 4) is 5.75 Å². The number of carbonyl (C=O) groups excluding carboxylic acids is 1. The third kappa shape index (κ3) is 3.09. The van der Waals surface area contributed by atoms with Crippen molar-refractivity contribution >= 4 is 28.5 Å². The fourth-order valence-electron chi connectivity index (χ4n) is 2.32. The minimum atomic E-state index is -0.315. The molecule has 0 amide bonds. The van der Waals surface area contributed by atoms with Crippen molar-refractivity contribution in [2.45, 2.75) is 13.5 Å². The molecule has 0 atom stereocenters. The topological polar surface area (TPSA) is 31.2 Å². The Morgan fingerprint density at radius 1 is 1.14 bits per heavy atom. The van der Waals surface area contributed by atoms with E-state index in [-0.39, 0.29) is 5.97 Å². The molecule has 2 aromatic carbocycles. The van der Waals surface area contributed by atoms with Crippen LogP contribution in [0.5, 0.6) is 5.75 Å². The molecule has 3 nitrogen and oxygen atoms in total. The monoisotopic (exact) mass is 299 g/mol. The second kappa shape index (κ2) is 5.62. The Bertz CT molecular complexity index is 790. The quantitative estimate of drug-likeness (QED) is 0.534. The normalized spacial score (nSPS) is 10.8. The highest BCUT2D eigenvalue weighted by atomic mass is 35.5. The zero-order valence-electron chi connectivity index (χ0n) is 11.5. The van der Waals surface area contributed by atoms with Gasteiger partial charge < -0.3 is 9.30 Å². The molecule has 0 bridgehead atoms. The maximum absolute atomic E-state index is 11.1. The lowest BCUT2D eigenvalue weighted by atomic mass is 10.2. The second-order valence-electron chi connectivity index (χ2n) is 4.88. The number of hydrogen-bond donors (Lipinski definition) is 0. The number of halogens is 1. The van der Waals surface area contributed by atoms with Gasteiger partial charge >= 0.3 is 5.97 Å². The van der Waals surface area contributed by atoms with Crippen molar-refractivity contribution < 1.29 is 9.53 Å². The van der Waals surface area contributed by atoms with E-state index in [9.17, 15) is 4.79 Å². The number of carbonyl (C=O) groups is 1. The van der Waals surface area contributed by atoms with E-state index >= 15 is 0 Å². The average molecular weight is 300 g/mol. The van der Waals surface area contributed by atoms with Crippen molar-refractivity contribution in [3.05, 3.63) is 65.3 Å². The highest BCUT2D eigenvalue weighted by molar-refractivity contribution is 6.30. The van der Waals surface area contributed by atoms with Gasteiger partial charge in [-0.1, -0.05) is 23.7 Å². The Morgan fingerprint density at radius 2 is 1.90 bits per heavy atom. The lowest BCUT2D eigenvalue weighted by Gasteiger charge is -2.07. The van der Waals surface area contributed by atoms with Crippen molar-refractivity contribution in [2.75, 3.05) is 0 Å². The van der Waals surface area contributed by atoms with Gasteiger partial charge in [-0.05, 0) is 41.3 Å². The Labute approximate surface area is 127 Å². The maximum atomic E-state index is 11.1. The third-order valence-corrected chi connectivity index (χ3v) is 3.53. The Balaban J connectivity index is 1.94. The summed E-state index contributed by atoms with van der Waals surface area (Å²) < 4.78 is 7.26. The smallest absolute Gasteiger partial charge is 0.308 e. The first kappa shape index (κ1) is 13.7. The van der Waals surface area contributed by atoms with Gasteiger partial charge in [0.1, 0.15) is 5.75 Å². The van der Waals surface area contributed by atoms with E-state index < -0.39 is 0 Å². The summed E-state index contributed by atoms with van der Waals surface area (Å²) in [7, 11) is 0. The molecule has 0 fully saturated rings. The Hall–Kier alpha value is -2.26. The molecule has 0 saturated heterocycles. The van der Waals surface area contributed by atoms with Crippen LogP contribution in [0.3, 0.4) is 0 Å².